The van der Waals surface area contributed by atoms with Crippen molar-refractivity contribution in [2.75, 3.05) is 18.3 Å². The maximum atomic E-state index is 5.41. The highest BCUT2D eigenvalue weighted by atomic mass is 32.2. The molecule has 0 fully saturated rings. The van der Waals surface area contributed by atoms with Gasteiger partial charge in [0.05, 0.1) is 0 Å². The third kappa shape index (κ3) is 3.33. The van der Waals surface area contributed by atoms with E-state index in [1.165, 1.54) is 11.3 Å². The molecule has 0 aliphatic carbocycles. The Labute approximate surface area is 113 Å². The van der Waals surface area contributed by atoms with Crippen molar-refractivity contribution in [1.82, 2.24) is 5.32 Å². The molecule has 0 amide bonds. The summed E-state index contributed by atoms with van der Waals surface area (Å²) in [6.45, 7) is 6.94. The zero-order valence-electron chi connectivity index (χ0n) is 11.2. The lowest BCUT2D eigenvalue weighted by molar-refractivity contribution is 0.174. The number of rotatable bonds is 6. The summed E-state index contributed by atoms with van der Waals surface area (Å²) in [4.78, 5) is 0. The van der Waals surface area contributed by atoms with Gasteiger partial charge in [0.2, 0.25) is 6.79 Å². The van der Waals surface area contributed by atoms with Crippen LogP contribution in [0.5, 0.6) is 11.5 Å². The van der Waals surface area contributed by atoms with E-state index in [2.05, 4.69) is 38.2 Å². The minimum atomic E-state index is 0.326. The fourth-order valence-electron chi connectivity index (χ4n) is 2.05. The van der Waals surface area contributed by atoms with Crippen molar-refractivity contribution in [2.45, 2.75) is 32.9 Å². The fourth-order valence-corrected chi connectivity index (χ4v) is 2.73. The first-order valence-corrected chi connectivity index (χ1v) is 7.59. The smallest absolute Gasteiger partial charge is 0.231 e. The van der Waals surface area contributed by atoms with Gasteiger partial charge in [-0.25, -0.2) is 0 Å². The number of fused-ring (bicyclic) bond motifs is 1. The standard InChI is InChI=1S/C14H21NO2S/c1-4-18-8-10(2)15-11(3)12-5-6-13-14(7-12)17-9-16-13/h5-7,10-11,15H,4,8-9H2,1-3H3. The zero-order valence-corrected chi connectivity index (χ0v) is 12.0. The van der Waals surface area contributed by atoms with E-state index in [9.17, 15) is 0 Å². The van der Waals surface area contributed by atoms with Gasteiger partial charge >= 0.3 is 0 Å². The Morgan fingerprint density at radius 1 is 1.28 bits per heavy atom. The quantitative estimate of drug-likeness (QED) is 0.857. The van der Waals surface area contributed by atoms with Gasteiger partial charge in [-0.2, -0.15) is 11.8 Å². The van der Waals surface area contributed by atoms with Crippen LogP contribution >= 0.6 is 11.8 Å². The van der Waals surface area contributed by atoms with Crippen LogP contribution in [0.1, 0.15) is 32.4 Å². The van der Waals surface area contributed by atoms with E-state index in [-0.39, 0.29) is 0 Å². The topological polar surface area (TPSA) is 30.5 Å². The largest absolute Gasteiger partial charge is 0.454 e. The molecule has 0 saturated heterocycles. The van der Waals surface area contributed by atoms with Gasteiger partial charge in [-0.1, -0.05) is 13.0 Å². The van der Waals surface area contributed by atoms with Gasteiger partial charge in [-0.05, 0) is 37.3 Å². The second-order valence-corrected chi connectivity index (χ2v) is 5.88. The first kappa shape index (κ1) is 13.6. The van der Waals surface area contributed by atoms with Gasteiger partial charge in [0.15, 0.2) is 11.5 Å². The summed E-state index contributed by atoms with van der Waals surface area (Å²) in [5.74, 6) is 4.02. The van der Waals surface area contributed by atoms with Crippen LogP contribution < -0.4 is 14.8 Å². The van der Waals surface area contributed by atoms with E-state index in [1.54, 1.807) is 0 Å². The van der Waals surface area contributed by atoms with Crippen molar-refractivity contribution in [3.8, 4) is 11.5 Å². The minimum Gasteiger partial charge on any atom is -0.454 e. The number of hydrogen-bond donors (Lipinski definition) is 1. The Morgan fingerprint density at radius 2 is 2.06 bits per heavy atom. The zero-order chi connectivity index (χ0) is 13.0. The van der Waals surface area contributed by atoms with E-state index < -0.39 is 0 Å². The van der Waals surface area contributed by atoms with Crippen molar-refractivity contribution >= 4 is 11.8 Å². The molecule has 1 aliphatic heterocycles. The van der Waals surface area contributed by atoms with E-state index >= 15 is 0 Å². The van der Waals surface area contributed by atoms with Crippen LogP contribution in [0.3, 0.4) is 0 Å². The molecule has 2 unspecified atom stereocenters. The molecule has 2 atom stereocenters. The van der Waals surface area contributed by atoms with Crippen LogP contribution in [-0.4, -0.2) is 24.3 Å². The van der Waals surface area contributed by atoms with Crippen molar-refractivity contribution in [3.63, 3.8) is 0 Å². The predicted molar refractivity (Wildman–Crippen MR) is 76.6 cm³/mol. The molecule has 18 heavy (non-hydrogen) atoms. The first-order chi connectivity index (χ1) is 8.70. The Balaban J connectivity index is 1.94. The maximum absolute atomic E-state index is 5.41. The Morgan fingerprint density at radius 3 is 2.83 bits per heavy atom. The molecular formula is C14H21NO2S. The number of thioether (sulfide) groups is 1. The molecular weight excluding hydrogens is 246 g/mol. The minimum absolute atomic E-state index is 0.326. The molecule has 0 spiro atoms. The Hall–Kier alpha value is -0.870. The average molecular weight is 267 g/mol. The lowest BCUT2D eigenvalue weighted by Crippen LogP contribution is -2.30. The molecule has 0 radical (unpaired) electrons. The summed E-state index contributed by atoms with van der Waals surface area (Å²) in [6.07, 6.45) is 0. The predicted octanol–water partition coefficient (Wildman–Crippen LogP) is 3.21. The summed E-state index contributed by atoms with van der Waals surface area (Å²) >= 11 is 1.97. The highest BCUT2D eigenvalue weighted by Crippen LogP contribution is 2.34. The van der Waals surface area contributed by atoms with E-state index in [0.29, 0.717) is 18.9 Å². The van der Waals surface area contributed by atoms with Crippen molar-refractivity contribution in [1.29, 1.82) is 0 Å². The monoisotopic (exact) mass is 267 g/mol. The lowest BCUT2D eigenvalue weighted by atomic mass is 10.1. The van der Waals surface area contributed by atoms with Crippen molar-refractivity contribution < 1.29 is 9.47 Å². The van der Waals surface area contributed by atoms with Gasteiger partial charge in [0, 0.05) is 17.8 Å². The Bertz CT molecular complexity index is 397. The molecule has 2 rings (SSSR count). The number of benzene rings is 1. The summed E-state index contributed by atoms with van der Waals surface area (Å²) in [5.41, 5.74) is 1.24. The van der Waals surface area contributed by atoms with E-state index in [4.69, 9.17) is 9.47 Å². The fraction of sp³-hybridized carbons (Fsp3) is 0.571. The number of nitrogens with one attached hydrogen (secondary N) is 1. The summed E-state index contributed by atoms with van der Waals surface area (Å²) in [6, 6.07) is 6.99. The first-order valence-electron chi connectivity index (χ1n) is 6.44. The molecule has 0 bridgehead atoms. The summed E-state index contributed by atoms with van der Waals surface area (Å²) in [5, 5.41) is 3.60. The number of ether oxygens (including phenoxy) is 2. The van der Waals surface area contributed by atoms with Crippen LogP contribution in [0.2, 0.25) is 0 Å². The summed E-state index contributed by atoms with van der Waals surface area (Å²) < 4.78 is 10.7. The summed E-state index contributed by atoms with van der Waals surface area (Å²) in [7, 11) is 0. The van der Waals surface area contributed by atoms with Crippen LogP contribution in [0.25, 0.3) is 0 Å². The van der Waals surface area contributed by atoms with E-state index in [1.807, 2.05) is 17.8 Å². The third-order valence-electron chi connectivity index (χ3n) is 3.00. The number of hydrogen-bond acceptors (Lipinski definition) is 4. The highest BCUT2D eigenvalue weighted by Gasteiger charge is 2.16. The SMILES string of the molecule is CCSCC(C)NC(C)c1ccc2c(c1)OCO2. The van der Waals surface area contributed by atoms with Gasteiger partial charge in [0.25, 0.3) is 0 Å². The van der Waals surface area contributed by atoms with Crippen LogP contribution in [-0.2, 0) is 0 Å². The molecule has 0 saturated carbocycles. The average Bonchev–Trinajstić information content (AvgIpc) is 2.83. The second-order valence-electron chi connectivity index (χ2n) is 4.56. The van der Waals surface area contributed by atoms with Gasteiger partial charge in [0.1, 0.15) is 0 Å². The molecule has 1 aromatic rings. The molecule has 0 aromatic heterocycles. The van der Waals surface area contributed by atoms with Crippen LogP contribution in [0.15, 0.2) is 18.2 Å². The molecule has 1 heterocycles. The normalized spacial score (nSPS) is 16.6. The molecule has 3 nitrogen and oxygen atoms in total. The van der Waals surface area contributed by atoms with Gasteiger partial charge in [-0.15, -0.1) is 0 Å². The Kier molecular flexibility index (Phi) is 4.78. The third-order valence-corrected chi connectivity index (χ3v) is 4.15. The molecule has 1 N–H and O–H groups in total. The van der Waals surface area contributed by atoms with Crippen LogP contribution in [0, 0.1) is 0 Å². The maximum Gasteiger partial charge on any atom is 0.231 e. The van der Waals surface area contributed by atoms with Crippen molar-refractivity contribution in [2.24, 2.45) is 0 Å². The lowest BCUT2D eigenvalue weighted by Gasteiger charge is -2.20. The van der Waals surface area contributed by atoms with E-state index in [0.717, 1.165) is 17.3 Å². The highest BCUT2D eigenvalue weighted by molar-refractivity contribution is 7.99. The molecule has 4 heteroatoms. The second kappa shape index (κ2) is 6.34. The molecule has 1 aromatic carbocycles. The van der Waals surface area contributed by atoms with Crippen molar-refractivity contribution in [3.05, 3.63) is 23.8 Å². The molecule has 1 aliphatic rings. The van der Waals surface area contributed by atoms with Gasteiger partial charge < -0.3 is 14.8 Å². The van der Waals surface area contributed by atoms with Crippen LogP contribution in [0.4, 0.5) is 0 Å². The van der Waals surface area contributed by atoms with Gasteiger partial charge in [-0.3, -0.25) is 0 Å². The molecule has 100 valence electrons.